The van der Waals surface area contributed by atoms with E-state index in [9.17, 15) is 0 Å². The van der Waals surface area contributed by atoms with Crippen molar-refractivity contribution in [2.24, 2.45) is 7.05 Å². The van der Waals surface area contributed by atoms with Crippen LogP contribution in [0.2, 0.25) is 0 Å². The zero-order valence-corrected chi connectivity index (χ0v) is 17.8. The number of aromatic nitrogens is 2. The molecule has 2 aromatic heterocycles. The fourth-order valence-electron chi connectivity index (χ4n) is 3.82. The van der Waals surface area contributed by atoms with Crippen LogP contribution in [0.1, 0.15) is 0 Å². The molecule has 0 radical (unpaired) electrons. The molecular weight excluding hydrogens is 392 g/mol. The van der Waals surface area contributed by atoms with Crippen molar-refractivity contribution in [3.8, 4) is 45.1 Å². The first-order chi connectivity index (χ1) is 15.8. The van der Waals surface area contributed by atoms with Crippen LogP contribution in [0.3, 0.4) is 0 Å². The SMILES string of the molecule is C[n+]1ccccc1-c1ccc(-c2ccc(-c3ccccc3)cc2)c(Oc2ccccn2)c1. The highest BCUT2D eigenvalue weighted by molar-refractivity contribution is 5.77. The summed E-state index contributed by atoms with van der Waals surface area (Å²) in [5.74, 6) is 1.35. The standard InChI is InChI=1S/C29H23N2O/c1-31-20-8-6-11-27(31)25-17-18-26(28(21-25)32-29-12-5-7-19-30-29)24-15-13-23(14-16-24)22-9-3-2-4-10-22/h2-21H,1H3/q+1. The smallest absolute Gasteiger partial charge is 0.219 e. The third kappa shape index (κ3) is 4.14. The van der Waals surface area contributed by atoms with E-state index in [0.717, 1.165) is 28.1 Å². The van der Waals surface area contributed by atoms with Gasteiger partial charge in [0.25, 0.3) is 0 Å². The Morgan fingerprint density at radius 2 is 1.31 bits per heavy atom. The summed E-state index contributed by atoms with van der Waals surface area (Å²) in [5, 5.41) is 0. The lowest BCUT2D eigenvalue weighted by atomic mass is 9.98. The topological polar surface area (TPSA) is 26.0 Å². The molecule has 0 saturated heterocycles. The lowest BCUT2D eigenvalue weighted by Crippen LogP contribution is -2.29. The number of aryl methyl sites for hydroxylation is 1. The molecule has 2 heterocycles. The van der Waals surface area contributed by atoms with Gasteiger partial charge in [0.1, 0.15) is 12.8 Å². The summed E-state index contributed by atoms with van der Waals surface area (Å²) in [5.41, 5.74) is 6.72. The summed E-state index contributed by atoms with van der Waals surface area (Å²) < 4.78 is 8.37. The molecule has 0 aliphatic carbocycles. The number of nitrogens with zero attached hydrogens (tertiary/aromatic N) is 2. The number of benzene rings is 3. The fraction of sp³-hybridized carbons (Fsp3) is 0.0345. The molecule has 0 fully saturated rings. The van der Waals surface area contributed by atoms with E-state index in [1.807, 2.05) is 49.6 Å². The molecule has 32 heavy (non-hydrogen) atoms. The average Bonchev–Trinajstić information content (AvgIpc) is 2.86. The van der Waals surface area contributed by atoms with Gasteiger partial charge in [0.2, 0.25) is 11.6 Å². The van der Waals surface area contributed by atoms with E-state index >= 15 is 0 Å². The van der Waals surface area contributed by atoms with Crippen LogP contribution in [0, 0.1) is 0 Å². The summed E-state index contributed by atoms with van der Waals surface area (Å²) in [4.78, 5) is 4.36. The van der Waals surface area contributed by atoms with Crippen molar-refractivity contribution in [3.63, 3.8) is 0 Å². The van der Waals surface area contributed by atoms with Gasteiger partial charge in [-0.25, -0.2) is 9.55 Å². The van der Waals surface area contributed by atoms with Crippen LogP contribution in [0.5, 0.6) is 11.6 Å². The van der Waals surface area contributed by atoms with E-state index < -0.39 is 0 Å². The number of pyridine rings is 2. The van der Waals surface area contributed by atoms with Gasteiger partial charge in [-0.15, -0.1) is 0 Å². The highest BCUT2D eigenvalue weighted by atomic mass is 16.5. The Bertz CT molecular complexity index is 1330. The number of ether oxygens (including phenoxy) is 1. The molecule has 0 aliphatic heterocycles. The zero-order valence-electron chi connectivity index (χ0n) is 17.8. The minimum Gasteiger partial charge on any atom is -0.438 e. The Morgan fingerprint density at radius 3 is 2.06 bits per heavy atom. The summed E-state index contributed by atoms with van der Waals surface area (Å²) in [6.45, 7) is 0. The van der Waals surface area contributed by atoms with E-state index in [4.69, 9.17) is 4.74 Å². The second kappa shape index (κ2) is 8.86. The van der Waals surface area contributed by atoms with Crippen LogP contribution in [0.15, 0.2) is 122 Å². The zero-order chi connectivity index (χ0) is 21.8. The molecule has 3 aromatic carbocycles. The molecule has 0 bridgehead atoms. The van der Waals surface area contributed by atoms with Crippen LogP contribution in [0.4, 0.5) is 0 Å². The van der Waals surface area contributed by atoms with Crippen LogP contribution in [-0.2, 0) is 7.05 Å². The van der Waals surface area contributed by atoms with Crippen molar-refractivity contribution in [2.75, 3.05) is 0 Å². The van der Waals surface area contributed by atoms with Gasteiger partial charge in [0, 0.05) is 35.5 Å². The van der Waals surface area contributed by atoms with Gasteiger partial charge < -0.3 is 4.74 Å². The Balaban J connectivity index is 1.57. The first-order valence-corrected chi connectivity index (χ1v) is 10.6. The molecule has 0 aliphatic rings. The molecule has 0 N–H and O–H groups in total. The molecule has 0 spiro atoms. The normalized spacial score (nSPS) is 10.7. The maximum absolute atomic E-state index is 6.26. The molecule has 5 rings (SSSR count). The quantitative estimate of drug-likeness (QED) is 0.299. The highest BCUT2D eigenvalue weighted by Gasteiger charge is 2.15. The fourth-order valence-corrected chi connectivity index (χ4v) is 3.82. The van der Waals surface area contributed by atoms with Gasteiger partial charge >= 0.3 is 0 Å². The van der Waals surface area contributed by atoms with Crippen LogP contribution in [0.25, 0.3) is 33.5 Å². The molecule has 154 valence electrons. The molecule has 0 saturated carbocycles. The predicted octanol–water partition coefficient (Wildman–Crippen LogP) is 6.70. The second-order valence-electron chi connectivity index (χ2n) is 7.62. The van der Waals surface area contributed by atoms with E-state index in [1.54, 1.807) is 6.20 Å². The number of hydrogen-bond acceptors (Lipinski definition) is 2. The van der Waals surface area contributed by atoms with Gasteiger partial charge in [0.05, 0.1) is 0 Å². The third-order valence-electron chi connectivity index (χ3n) is 5.49. The van der Waals surface area contributed by atoms with Gasteiger partial charge in [-0.05, 0) is 47.0 Å². The van der Waals surface area contributed by atoms with Crippen molar-refractivity contribution >= 4 is 0 Å². The lowest BCUT2D eigenvalue weighted by Gasteiger charge is -2.13. The lowest BCUT2D eigenvalue weighted by molar-refractivity contribution is -0.660. The minimum atomic E-state index is 0.573. The van der Waals surface area contributed by atoms with Gasteiger partial charge in [0.15, 0.2) is 6.20 Å². The predicted molar refractivity (Wildman–Crippen MR) is 128 cm³/mol. The Morgan fingerprint density at radius 1 is 0.625 bits per heavy atom. The minimum absolute atomic E-state index is 0.573. The van der Waals surface area contributed by atoms with Gasteiger partial charge in [-0.1, -0.05) is 60.7 Å². The monoisotopic (exact) mass is 415 g/mol. The van der Waals surface area contributed by atoms with E-state index in [2.05, 4.69) is 82.3 Å². The van der Waals surface area contributed by atoms with E-state index in [-0.39, 0.29) is 0 Å². The van der Waals surface area contributed by atoms with E-state index in [0.29, 0.717) is 5.88 Å². The molecule has 5 aromatic rings. The summed E-state index contributed by atoms with van der Waals surface area (Å²) in [7, 11) is 2.05. The number of hydrogen-bond donors (Lipinski definition) is 0. The highest BCUT2D eigenvalue weighted by Crippen LogP contribution is 2.36. The van der Waals surface area contributed by atoms with Gasteiger partial charge in [-0.2, -0.15) is 0 Å². The Hall–Kier alpha value is -4.24. The van der Waals surface area contributed by atoms with Crippen molar-refractivity contribution in [1.82, 2.24) is 4.98 Å². The van der Waals surface area contributed by atoms with Crippen molar-refractivity contribution < 1.29 is 9.30 Å². The first-order valence-electron chi connectivity index (χ1n) is 10.6. The molecule has 0 amide bonds. The molecular formula is C29H23N2O+. The summed E-state index contributed by atoms with van der Waals surface area (Å²) in [6.07, 6.45) is 3.79. The summed E-state index contributed by atoms with van der Waals surface area (Å²) >= 11 is 0. The van der Waals surface area contributed by atoms with Crippen molar-refractivity contribution in [2.45, 2.75) is 0 Å². The van der Waals surface area contributed by atoms with Crippen LogP contribution >= 0.6 is 0 Å². The van der Waals surface area contributed by atoms with Crippen LogP contribution < -0.4 is 9.30 Å². The summed E-state index contributed by atoms with van der Waals surface area (Å²) in [6, 6.07) is 37.2. The first kappa shape index (κ1) is 19.7. The molecule has 0 unspecified atom stereocenters. The number of rotatable bonds is 5. The Labute approximate surface area is 188 Å². The van der Waals surface area contributed by atoms with Crippen LogP contribution in [-0.4, -0.2) is 4.98 Å². The Kier molecular flexibility index (Phi) is 5.46. The van der Waals surface area contributed by atoms with Crippen molar-refractivity contribution in [1.29, 1.82) is 0 Å². The van der Waals surface area contributed by atoms with Gasteiger partial charge in [-0.3, -0.25) is 0 Å². The third-order valence-corrected chi connectivity index (χ3v) is 5.49. The molecule has 0 atom stereocenters. The molecule has 3 nitrogen and oxygen atoms in total. The maximum atomic E-state index is 6.26. The second-order valence-corrected chi connectivity index (χ2v) is 7.62. The molecule has 3 heteroatoms. The maximum Gasteiger partial charge on any atom is 0.219 e. The average molecular weight is 416 g/mol. The van der Waals surface area contributed by atoms with Crippen molar-refractivity contribution in [3.05, 3.63) is 122 Å². The largest absolute Gasteiger partial charge is 0.438 e. The van der Waals surface area contributed by atoms with E-state index in [1.165, 1.54) is 11.1 Å².